The van der Waals surface area contributed by atoms with Gasteiger partial charge in [0.2, 0.25) is 5.91 Å². The van der Waals surface area contributed by atoms with Gasteiger partial charge >= 0.3 is 0 Å². The SMILES string of the molecule is CSCCC(=O)Nc1ccc(Br)cc1N. The predicted molar refractivity (Wildman–Crippen MR) is 70.2 cm³/mol. The van der Waals surface area contributed by atoms with Crippen molar-refractivity contribution in [2.24, 2.45) is 0 Å². The lowest BCUT2D eigenvalue weighted by Gasteiger charge is -2.07. The molecule has 0 heterocycles. The molecule has 0 unspecified atom stereocenters. The van der Waals surface area contributed by atoms with E-state index in [1.54, 1.807) is 23.9 Å². The van der Waals surface area contributed by atoms with Crippen LogP contribution in [0.2, 0.25) is 0 Å². The van der Waals surface area contributed by atoms with Gasteiger partial charge in [-0.25, -0.2) is 0 Å². The van der Waals surface area contributed by atoms with Crippen LogP contribution < -0.4 is 11.1 Å². The molecule has 0 aliphatic rings. The van der Waals surface area contributed by atoms with Crippen molar-refractivity contribution in [3.63, 3.8) is 0 Å². The Balaban J connectivity index is 2.60. The summed E-state index contributed by atoms with van der Waals surface area (Å²) >= 11 is 4.96. The van der Waals surface area contributed by atoms with E-state index < -0.39 is 0 Å². The zero-order valence-electron chi connectivity index (χ0n) is 8.42. The second kappa shape index (κ2) is 6.02. The number of nitrogen functional groups attached to an aromatic ring is 1. The van der Waals surface area contributed by atoms with Crippen molar-refractivity contribution in [2.75, 3.05) is 23.1 Å². The summed E-state index contributed by atoms with van der Waals surface area (Å²) in [6.45, 7) is 0. The van der Waals surface area contributed by atoms with Crippen molar-refractivity contribution < 1.29 is 4.79 Å². The predicted octanol–water partition coefficient (Wildman–Crippen LogP) is 2.72. The third-order valence-electron chi connectivity index (χ3n) is 1.82. The van der Waals surface area contributed by atoms with Crippen molar-refractivity contribution in [2.45, 2.75) is 6.42 Å². The van der Waals surface area contributed by atoms with Gasteiger partial charge in [0.05, 0.1) is 11.4 Å². The largest absolute Gasteiger partial charge is 0.397 e. The average Bonchev–Trinajstić information content (AvgIpc) is 2.19. The van der Waals surface area contributed by atoms with Gasteiger partial charge < -0.3 is 11.1 Å². The summed E-state index contributed by atoms with van der Waals surface area (Å²) in [5, 5.41) is 2.77. The first-order chi connectivity index (χ1) is 7.13. The number of carbonyl (C=O) groups is 1. The Morgan fingerprint density at radius 3 is 2.93 bits per heavy atom. The molecule has 82 valence electrons. The van der Waals surface area contributed by atoms with Gasteiger partial charge in [-0.05, 0) is 24.5 Å². The van der Waals surface area contributed by atoms with Gasteiger partial charge in [-0.2, -0.15) is 11.8 Å². The van der Waals surface area contributed by atoms with Crippen molar-refractivity contribution >= 4 is 45.0 Å². The summed E-state index contributed by atoms with van der Waals surface area (Å²) in [5.41, 5.74) is 6.99. The van der Waals surface area contributed by atoms with Crippen LogP contribution in [0.25, 0.3) is 0 Å². The first kappa shape index (κ1) is 12.4. The van der Waals surface area contributed by atoms with Crippen molar-refractivity contribution in [1.29, 1.82) is 0 Å². The fourth-order valence-corrected chi connectivity index (χ4v) is 1.82. The number of hydrogen-bond acceptors (Lipinski definition) is 3. The highest BCUT2D eigenvalue weighted by Crippen LogP contribution is 2.23. The fraction of sp³-hybridized carbons (Fsp3) is 0.300. The van der Waals surface area contributed by atoms with Crippen LogP contribution in [-0.4, -0.2) is 17.9 Å². The monoisotopic (exact) mass is 288 g/mol. The van der Waals surface area contributed by atoms with Crippen molar-refractivity contribution in [1.82, 2.24) is 0 Å². The van der Waals surface area contributed by atoms with Crippen LogP contribution in [0.5, 0.6) is 0 Å². The molecule has 0 radical (unpaired) electrons. The number of rotatable bonds is 4. The molecule has 1 aromatic carbocycles. The molecule has 0 aliphatic carbocycles. The first-order valence-corrected chi connectivity index (χ1v) is 6.66. The van der Waals surface area contributed by atoms with Gasteiger partial charge in [-0.1, -0.05) is 15.9 Å². The molecule has 15 heavy (non-hydrogen) atoms. The summed E-state index contributed by atoms with van der Waals surface area (Å²) in [5.74, 6) is 0.820. The van der Waals surface area contributed by atoms with Gasteiger partial charge in [0.15, 0.2) is 0 Å². The van der Waals surface area contributed by atoms with E-state index in [0.29, 0.717) is 17.8 Å². The molecule has 3 nitrogen and oxygen atoms in total. The Bertz CT molecular complexity index is 357. The molecule has 0 spiro atoms. The maximum atomic E-state index is 11.4. The number of nitrogens with one attached hydrogen (secondary N) is 1. The highest BCUT2D eigenvalue weighted by atomic mass is 79.9. The summed E-state index contributed by atoms with van der Waals surface area (Å²) in [6, 6.07) is 5.40. The van der Waals surface area contributed by atoms with E-state index in [9.17, 15) is 4.79 Å². The minimum Gasteiger partial charge on any atom is -0.397 e. The summed E-state index contributed by atoms with van der Waals surface area (Å²) in [6.07, 6.45) is 2.48. The molecule has 5 heteroatoms. The summed E-state index contributed by atoms with van der Waals surface area (Å²) in [7, 11) is 0. The van der Waals surface area contributed by atoms with Gasteiger partial charge in [-0.3, -0.25) is 4.79 Å². The van der Waals surface area contributed by atoms with Crippen LogP contribution in [0, 0.1) is 0 Å². The van der Waals surface area contributed by atoms with Crippen LogP contribution in [0.15, 0.2) is 22.7 Å². The smallest absolute Gasteiger partial charge is 0.225 e. The first-order valence-electron chi connectivity index (χ1n) is 4.47. The van der Waals surface area contributed by atoms with E-state index >= 15 is 0 Å². The maximum Gasteiger partial charge on any atom is 0.225 e. The molecule has 0 aliphatic heterocycles. The number of benzene rings is 1. The van der Waals surface area contributed by atoms with Crippen LogP contribution in [0.1, 0.15) is 6.42 Å². The van der Waals surface area contributed by atoms with Crippen molar-refractivity contribution in [3.8, 4) is 0 Å². The molecule has 0 fully saturated rings. The summed E-state index contributed by atoms with van der Waals surface area (Å²) < 4.78 is 0.905. The van der Waals surface area contributed by atoms with Crippen LogP contribution in [0.4, 0.5) is 11.4 Å². The molecule has 0 bridgehead atoms. The van der Waals surface area contributed by atoms with E-state index in [2.05, 4.69) is 21.2 Å². The summed E-state index contributed by atoms with van der Waals surface area (Å²) in [4.78, 5) is 11.4. The Kier molecular flexibility index (Phi) is 4.98. The van der Waals surface area contributed by atoms with Gasteiger partial charge in [0.1, 0.15) is 0 Å². The third-order valence-corrected chi connectivity index (χ3v) is 2.93. The number of thioether (sulfide) groups is 1. The number of carbonyl (C=O) groups excluding carboxylic acids is 1. The van der Waals surface area contributed by atoms with E-state index in [1.165, 1.54) is 0 Å². The van der Waals surface area contributed by atoms with Crippen LogP contribution >= 0.6 is 27.7 Å². The van der Waals surface area contributed by atoms with Crippen LogP contribution in [-0.2, 0) is 4.79 Å². The van der Waals surface area contributed by atoms with Gasteiger partial charge in [0, 0.05) is 16.6 Å². The highest BCUT2D eigenvalue weighted by Gasteiger charge is 2.04. The number of anilines is 2. The Hall–Kier alpha value is -0.680. The topological polar surface area (TPSA) is 55.1 Å². The number of amides is 1. The number of nitrogens with two attached hydrogens (primary N) is 1. The molecule has 3 N–H and O–H groups in total. The molecular formula is C10H13BrN2OS. The molecule has 0 saturated heterocycles. The Labute approximate surface area is 102 Å². The zero-order valence-corrected chi connectivity index (χ0v) is 10.8. The lowest BCUT2D eigenvalue weighted by molar-refractivity contribution is -0.115. The van der Waals surface area contributed by atoms with E-state index in [-0.39, 0.29) is 5.91 Å². The van der Waals surface area contributed by atoms with E-state index in [1.807, 2.05) is 12.3 Å². The number of hydrogen-bond donors (Lipinski definition) is 2. The fourth-order valence-electron chi connectivity index (χ4n) is 1.05. The molecule has 1 amide bonds. The second-order valence-corrected chi connectivity index (χ2v) is 4.92. The molecule has 0 saturated carbocycles. The van der Waals surface area contributed by atoms with Gasteiger partial charge in [-0.15, -0.1) is 0 Å². The number of halogens is 1. The second-order valence-electron chi connectivity index (χ2n) is 3.02. The third kappa shape index (κ3) is 4.13. The minimum absolute atomic E-state index is 0.00151. The molecule has 1 rings (SSSR count). The Morgan fingerprint density at radius 1 is 1.60 bits per heavy atom. The lowest BCUT2D eigenvalue weighted by Crippen LogP contribution is -2.13. The van der Waals surface area contributed by atoms with E-state index in [4.69, 9.17) is 5.73 Å². The quantitative estimate of drug-likeness (QED) is 0.838. The normalized spacial score (nSPS) is 10.0. The molecule has 0 atom stereocenters. The standard InChI is InChI=1S/C10H13BrN2OS/c1-15-5-4-10(14)13-9-3-2-7(11)6-8(9)12/h2-3,6H,4-5,12H2,1H3,(H,13,14). The lowest BCUT2D eigenvalue weighted by atomic mass is 10.2. The van der Waals surface area contributed by atoms with Crippen LogP contribution in [0.3, 0.4) is 0 Å². The molecular weight excluding hydrogens is 276 g/mol. The molecule has 1 aromatic rings. The Morgan fingerprint density at radius 2 is 2.33 bits per heavy atom. The van der Waals surface area contributed by atoms with Crippen molar-refractivity contribution in [3.05, 3.63) is 22.7 Å². The molecule has 0 aromatic heterocycles. The maximum absolute atomic E-state index is 11.4. The van der Waals surface area contributed by atoms with Gasteiger partial charge in [0.25, 0.3) is 0 Å². The minimum atomic E-state index is -0.00151. The zero-order chi connectivity index (χ0) is 11.3. The average molecular weight is 289 g/mol. The highest BCUT2D eigenvalue weighted by molar-refractivity contribution is 9.10. The van der Waals surface area contributed by atoms with E-state index in [0.717, 1.165) is 10.2 Å².